The molecule has 0 saturated carbocycles. The van der Waals surface area contributed by atoms with Gasteiger partial charge in [0.15, 0.2) is 0 Å². The minimum Gasteiger partial charge on any atom is -0.378 e. The number of anilines is 2. The standard InChI is InChI=1S/C17H18BrN3O3/c18-14-3-6-16(17(11-14)21(22)23)19-12-13-1-4-15(5-2-13)20-7-9-24-10-8-20/h1-6,11,19H,7-10,12H2. The lowest BCUT2D eigenvalue weighted by molar-refractivity contribution is -0.384. The summed E-state index contributed by atoms with van der Waals surface area (Å²) >= 11 is 3.26. The van der Waals surface area contributed by atoms with E-state index in [1.807, 2.05) is 12.1 Å². The van der Waals surface area contributed by atoms with Crippen LogP contribution >= 0.6 is 15.9 Å². The molecule has 0 amide bonds. The summed E-state index contributed by atoms with van der Waals surface area (Å²) < 4.78 is 6.05. The van der Waals surface area contributed by atoms with Gasteiger partial charge >= 0.3 is 0 Å². The fraction of sp³-hybridized carbons (Fsp3) is 0.294. The molecule has 1 aliphatic heterocycles. The summed E-state index contributed by atoms with van der Waals surface area (Å²) in [6, 6.07) is 13.3. The Morgan fingerprint density at radius 2 is 1.88 bits per heavy atom. The molecule has 2 aromatic rings. The molecule has 1 fully saturated rings. The van der Waals surface area contributed by atoms with E-state index in [1.165, 1.54) is 11.8 Å². The fourth-order valence-electron chi connectivity index (χ4n) is 2.65. The van der Waals surface area contributed by atoms with E-state index in [-0.39, 0.29) is 10.6 Å². The van der Waals surface area contributed by atoms with Crippen LogP contribution in [0, 0.1) is 10.1 Å². The van der Waals surface area contributed by atoms with Crippen molar-refractivity contribution in [2.75, 3.05) is 36.5 Å². The Morgan fingerprint density at radius 1 is 1.17 bits per heavy atom. The normalized spacial score (nSPS) is 14.5. The van der Waals surface area contributed by atoms with E-state index in [1.54, 1.807) is 12.1 Å². The number of rotatable bonds is 5. The van der Waals surface area contributed by atoms with E-state index in [9.17, 15) is 10.1 Å². The molecule has 1 N–H and O–H groups in total. The second-order valence-corrected chi connectivity index (χ2v) is 6.45. The average Bonchev–Trinajstić information content (AvgIpc) is 2.62. The van der Waals surface area contributed by atoms with Crippen molar-refractivity contribution in [3.63, 3.8) is 0 Å². The molecule has 0 aromatic heterocycles. The molecule has 6 nitrogen and oxygen atoms in total. The van der Waals surface area contributed by atoms with E-state index in [0.717, 1.165) is 31.9 Å². The number of nitrogens with zero attached hydrogens (tertiary/aromatic N) is 2. The molecule has 3 rings (SSSR count). The lowest BCUT2D eigenvalue weighted by Gasteiger charge is -2.28. The smallest absolute Gasteiger partial charge is 0.293 e. The van der Waals surface area contributed by atoms with Crippen LogP contribution in [0.4, 0.5) is 17.1 Å². The zero-order chi connectivity index (χ0) is 16.9. The molecule has 126 valence electrons. The van der Waals surface area contributed by atoms with Gasteiger partial charge in [0.2, 0.25) is 0 Å². The molecule has 0 spiro atoms. The van der Waals surface area contributed by atoms with Crippen LogP contribution in [0.1, 0.15) is 5.56 Å². The maximum absolute atomic E-state index is 11.1. The number of morpholine rings is 1. The number of nitro groups is 1. The summed E-state index contributed by atoms with van der Waals surface area (Å²) in [7, 11) is 0. The molecule has 24 heavy (non-hydrogen) atoms. The van der Waals surface area contributed by atoms with Crippen molar-refractivity contribution in [3.05, 3.63) is 62.6 Å². The molecular formula is C17H18BrN3O3. The van der Waals surface area contributed by atoms with Crippen molar-refractivity contribution in [1.82, 2.24) is 0 Å². The van der Waals surface area contributed by atoms with E-state index in [4.69, 9.17) is 4.74 Å². The highest BCUT2D eigenvalue weighted by Gasteiger charge is 2.14. The third kappa shape index (κ3) is 4.04. The van der Waals surface area contributed by atoms with Gasteiger partial charge in [-0.05, 0) is 29.8 Å². The first kappa shape index (κ1) is 16.7. The first-order chi connectivity index (χ1) is 11.6. The second kappa shape index (κ2) is 7.63. The molecule has 0 atom stereocenters. The Morgan fingerprint density at radius 3 is 2.54 bits per heavy atom. The topological polar surface area (TPSA) is 67.6 Å². The van der Waals surface area contributed by atoms with Gasteiger partial charge in [0.05, 0.1) is 18.1 Å². The van der Waals surface area contributed by atoms with Crippen molar-refractivity contribution in [2.24, 2.45) is 0 Å². The maximum atomic E-state index is 11.1. The van der Waals surface area contributed by atoms with Crippen LogP contribution in [0.2, 0.25) is 0 Å². The second-order valence-electron chi connectivity index (χ2n) is 5.54. The van der Waals surface area contributed by atoms with Crippen molar-refractivity contribution in [1.29, 1.82) is 0 Å². The summed E-state index contributed by atoms with van der Waals surface area (Å²) in [6.45, 7) is 3.87. The number of nitro benzene ring substituents is 1. The van der Waals surface area contributed by atoms with Gasteiger partial charge < -0.3 is 15.0 Å². The van der Waals surface area contributed by atoms with Crippen LogP contribution in [0.3, 0.4) is 0 Å². The van der Waals surface area contributed by atoms with Gasteiger partial charge in [-0.2, -0.15) is 0 Å². The molecular weight excluding hydrogens is 374 g/mol. The number of benzene rings is 2. The highest BCUT2D eigenvalue weighted by molar-refractivity contribution is 9.10. The zero-order valence-corrected chi connectivity index (χ0v) is 14.7. The monoisotopic (exact) mass is 391 g/mol. The van der Waals surface area contributed by atoms with Crippen LogP contribution in [0.25, 0.3) is 0 Å². The van der Waals surface area contributed by atoms with Gasteiger partial charge in [0.1, 0.15) is 5.69 Å². The number of hydrogen-bond acceptors (Lipinski definition) is 5. The zero-order valence-electron chi connectivity index (χ0n) is 13.1. The Balaban J connectivity index is 1.66. The number of nitrogens with one attached hydrogen (secondary N) is 1. The minimum absolute atomic E-state index is 0.0642. The number of hydrogen-bond donors (Lipinski definition) is 1. The molecule has 7 heteroatoms. The predicted octanol–water partition coefficient (Wildman–Crippen LogP) is 3.81. The lowest BCUT2D eigenvalue weighted by atomic mass is 10.1. The van der Waals surface area contributed by atoms with Crippen LogP contribution in [0.15, 0.2) is 46.9 Å². The Labute approximate surface area is 148 Å². The van der Waals surface area contributed by atoms with Gasteiger partial charge in [-0.15, -0.1) is 0 Å². The predicted molar refractivity (Wildman–Crippen MR) is 97.6 cm³/mol. The van der Waals surface area contributed by atoms with Crippen LogP contribution in [0.5, 0.6) is 0 Å². The van der Waals surface area contributed by atoms with Crippen molar-refractivity contribution in [3.8, 4) is 0 Å². The van der Waals surface area contributed by atoms with E-state index < -0.39 is 0 Å². The van der Waals surface area contributed by atoms with E-state index in [0.29, 0.717) is 16.7 Å². The molecule has 0 unspecified atom stereocenters. The Hall–Kier alpha value is -2.12. The molecule has 0 radical (unpaired) electrons. The highest BCUT2D eigenvalue weighted by atomic mass is 79.9. The molecule has 1 heterocycles. The highest BCUT2D eigenvalue weighted by Crippen LogP contribution is 2.28. The van der Waals surface area contributed by atoms with E-state index in [2.05, 4.69) is 38.3 Å². The summed E-state index contributed by atoms with van der Waals surface area (Å²) in [5.74, 6) is 0. The van der Waals surface area contributed by atoms with Gasteiger partial charge in [-0.25, -0.2) is 0 Å². The summed E-state index contributed by atoms with van der Waals surface area (Å²) in [4.78, 5) is 13.0. The van der Waals surface area contributed by atoms with Crippen LogP contribution < -0.4 is 10.2 Å². The average molecular weight is 392 g/mol. The quantitative estimate of drug-likeness (QED) is 0.619. The molecule has 2 aromatic carbocycles. The minimum atomic E-state index is -0.380. The summed E-state index contributed by atoms with van der Waals surface area (Å²) in [5, 5.41) is 14.3. The van der Waals surface area contributed by atoms with Gasteiger partial charge in [-0.1, -0.05) is 28.1 Å². The molecule has 0 aliphatic carbocycles. The van der Waals surface area contributed by atoms with Gasteiger partial charge in [0.25, 0.3) is 5.69 Å². The third-order valence-electron chi connectivity index (χ3n) is 3.95. The molecule has 1 saturated heterocycles. The largest absolute Gasteiger partial charge is 0.378 e. The summed E-state index contributed by atoms with van der Waals surface area (Å²) in [5.41, 5.74) is 2.83. The molecule has 1 aliphatic rings. The van der Waals surface area contributed by atoms with Crippen molar-refractivity contribution in [2.45, 2.75) is 6.54 Å². The van der Waals surface area contributed by atoms with Crippen molar-refractivity contribution < 1.29 is 9.66 Å². The van der Waals surface area contributed by atoms with Crippen molar-refractivity contribution >= 4 is 33.0 Å². The van der Waals surface area contributed by atoms with Crippen LogP contribution in [-0.2, 0) is 11.3 Å². The number of halogens is 1. The maximum Gasteiger partial charge on any atom is 0.293 e. The number of ether oxygens (including phenoxy) is 1. The fourth-order valence-corrected chi connectivity index (χ4v) is 3.00. The Kier molecular flexibility index (Phi) is 5.32. The van der Waals surface area contributed by atoms with Gasteiger partial charge in [0, 0.05) is 35.9 Å². The SMILES string of the molecule is O=[N+]([O-])c1cc(Br)ccc1NCc1ccc(N2CCOCC2)cc1. The third-order valence-corrected chi connectivity index (χ3v) is 4.45. The van der Waals surface area contributed by atoms with E-state index >= 15 is 0 Å². The first-order valence-corrected chi connectivity index (χ1v) is 8.52. The molecule has 0 bridgehead atoms. The summed E-state index contributed by atoms with van der Waals surface area (Å²) in [6.07, 6.45) is 0. The lowest BCUT2D eigenvalue weighted by Crippen LogP contribution is -2.36. The van der Waals surface area contributed by atoms with Crippen LogP contribution in [-0.4, -0.2) is 31.2 Å². The first-order valence-electron chi connectivity index (χ1n) is 7.73. The Bertz CT molecular complexity index is 716. The van der Waals surface area contributed by atoms with Gasteiger partial charge in [-0.3, -0.25) is 10.1 Å².